The molecule has 0 aliphatic rings. The van der Waals surface area contributed by atoms with Crippen molar-refractivity contribution >= 4 is 12.2 Å². The lowest BCUT2D eigenvalue weighted by Gasteiger charge is -2.26. The Balaban J connectivity index is 4.06. The summed E-state index contributed by atoms with van der Waals surface area (Å²) >= 11 is 0. The van der Waals surface area contributed by atoms with E-state index in [1.807, 2.05) is 20.8 Å². The molecule has 0 atom stereocenters. The summed E-state index contributed by atoms with van der Waals surface area (Å²) in [6, 6.07) is 0. The van der Waals surface area contributed by atoms with Gasteiger partial charge in [0.15, 0.2) is 0 Å². The minimum absolute atomic E-state index is 0.338. The van der Waals surface area contributed by atoms with E-state index in [2.05, 4.69) is 0 Å². The lowest BCUT2D eigenvalue weighted by Crippen LogP contribution is -2.40. The van der Waals surface area contributed by atoms with Gasteiger partial charge in [-0.25, -0.2) is 9.59 Å². The molecule has 0 radical (unpaired) electrons. The molecular formula is C12H24N2O4. The van der Waals surface area contributed by atoms with Gasteiger partial charge in [-0.05, 0) is 27.7 Å². The van der Waals surface area contributed by atoms with E-state index in [1.165, 1.54) is 9.80 Å². The lowest BCUT2D eigenvalue weighted by atomic mass is 10.2. The molecule has 106 valence electrons. The summed E-state index contributed by atoms with van der Waals surface area (Å²) < 4.78 is 10.0. The van der Waals surface area contributed by atoms with Gasteiger partial charge >= 0.3 is 12.2 Å². The SMILES string of the molecule is CCOC(=O)N(C)CCN(C)C(=O)OC(C)(C)C. The summed E-state index contributed by atoms with van der Waals surface area (Å²) in [7, 11) is 3.26. The number of hydrogen-bond donors (Lipinski definition) is 0. The van der Waals surface area contributed by atoms with Crippen LogP contribution in [0.2, 0.25) is 0 Å². The molecule has 0 N–H and O–H groups in total. The van der Waals surface area contributed by atoms with Crippen LogP contribution in [0.15, 0.2) is 0 Å². The van der Waals surface area contributed by atoms with Gasteiger partial charge in [-0.1, -0.05) is 0 Å². The first-order valence-corrected chi connectivity index (χ1v) is 5.99. The number of amides is 2. The Labute approximate surface area is 109 Å². The van der Waals surface area contributed by atoms with Gasteiger partial charge in [0.25, 0.3) is 0 Å². The molecule has 0 saturated heterocycles. The molecule has 6 heteroatoms. The Hall–Kier alpha value is -1.46. The molecule has 0 rings (SSSR count). The van der Waals surface area contributed by atoms with Gasteiger partial charge in [-0.3, -0.25) is 0 Å². The Morgan fingerprint density at radius 3 is 1.83 bits per heavy atom. The van der Waals surface area contributed by atoms with Gasteiger partial charge in [0.05, 0.1) is 6.61 Å². The average molecular weight is 260 g/mol. The number of hydrogen-bond acceptors (Lipinski definition) is 4. The molecular weight excluding hydrogens is 236 g/mol. The maximum atomic E-state index is 11.6. The number of ether oxygens (including phenoxy) is 2. The molecule has 0 heterocycles. The van der Waals surface area contributed by atoms with Crippen molar-refractivity contribution in [1.29, 1.82) is 0 Å². The van der Waals surface area contributed by atoms with E-state index in [-0.39, 0.29) is 0 Å². The van der Waals surface area contributed by atoms with Crippen LogP contribution >= 0.6 is 0 Å². The molecule has 0 aliphatic carbocycles. The third-order valence-electron chi connectivity index (χ3n) is 2.06. The highest BCUT2D eigenvalue weighted by atomic mass is 16.6. The highest BCUT2D eigenvalue weighted by molar-refractivity contribution is 5.68. The Morgan fingerprint density at radius 1 is 1.00 bits per heavy atom. The van der Waals surface area contributed by atoms with E-state index in [1.54, 1.807) is 21.0 Å². The van der Waals surface area contributed by atoms with Crippen molar-refractivity contribution in [2.75, 3.05) is 33.8 Å². The molecule has 0 aromatic rings. The van der Waals surface area contributed by atoms with E-state index in [0.29, 0.717) is 19.7 Å². The third kappa shape index (κ3) is 6.98. The van der Waals surface area contributed by atoms with Crippen molar-refractivity contribution < 1.29 is 19.1 Å². The lowest BCUT2D eigenvalue weighted by molar-refractivity contribution is 0.0282. The van der Waals surface area contributed by atoms with Crippen LogP contribution < -0.4 is 0 Å². The Morgan fingerprint density at radius 2 is 1.44 bits per heavy atom. The number of likely N-dealkylation sites (N-methyl/N-ethyl adjacent to an activating group) is 2. The Bertz CT molecular complexity index is 286. The van der Waals surface area contributed by atoms with Gasteiger partial charge in [-0.2, -0.15) is 0 Å². The van der Waals surface area contributed by atoms with Crippen LogP contribution in [-0.2, 0) is 9.47 Å². The quantitative estimate of drug-likeness (QED) is 0.775. The third-order valence-corrected chi connectivity index (χ3v) is 2.06. The monoisotopic (exact) mass is 260 g/mol. The van der Waals surface area contributed by atoms with Crippen molar-refractivity contribution in [3.63, 3.8) is 0 Å². The van der Waals surface area contributed by atoms with Gasteiger partial charge in [0.1, 0.15) is 5.60 Å². The molecule has 0 aliphatic heterocycles. The van der Waals surface area contributed by atoms with Crippen LogP contribution in [-0.4, -0.2) is 61.4 Å². The zero-order chi connectivity index (χ0) is 14.3. The zero-order valence-electron chi connectivity index (χ0n) is 12.1. The molecule has 0 bridgehead atoms. The van der Waals surface area contributed by atoms with Gasteiger partial charge in [0.2, 0.25) is 0 Å². The van der Waals surface area contributed by atoms with Crippen molar-refractivity contribution in [2.24, 2.45) is 0 Å². The molecule has 0 fully saturated rings. The second-order valence-corrected chi connectivity index (χ2v) is 5.02. The fraction of sp³-hybridized carbons (Fsp3) is 0.833. The van der Waals surface area contributed by atoms with Crippen molar-refractivity contribution in [2.45, 2.75) is 33.3 Å². The van der Waals surface area contributed by atoms with E-state index < -0.39 is 17.8 Å². The highest BCUT2D eigenvalue weighted by Gasteiger charge is 2.20. The molecule has 2 amide bonds. The van der Waals surface area contributed by atoms with Gasteiger partial charge < -0.3 is 19.3 Å². The largest absolute Gasteiger partial charge is 0.450 e. The normalized spacial score (nSPS) is 10.8. The first kappa shape index (κ1) is 16.5. The summed E-state index contributed by atoms with van der Waals surface area (Å²) in [6.07, 6.45) is -0.796. The summed E-state index contributed by atoms with van der Waals surface area (Å²) in [5.41, 5.74) is -0.515. The molecule has 0 unspecified atom stereocenters. The first-order valence-electron chi connectivity index (χ1n) is 5.99. The van der Waals surface area contributed by atoms with Crippen molar-refractivity contribution in [3.8, 4) is 0 Å². The average Bonchev–Trinajstić information content (AvgIpc) is 2.23. The smallest absolute Gasteiger partial charge is 0.410 e. The summed E-state index contributed by atoms with van der Waals surface area (Å²) in [6.45, 7) is 8.30. The number of carbonyl (C=O) groups is 2. The predicted molar refractivity (Wildman–Crippen MR) is 68.5 cm³/mol. The number of nitrogens with zero attached hydrogens (tertiary/aromatic N) is 2. The van der Waals surface area contributed by atoms with Crippen LogP contribution in [0, 0.1) is 0 Å². The van der Waals surface area contributed by atoms with E-state index in [4.69, 9.17) is 9.47 Å². The van der Waals surface area contributed by atoms with E-state index in [0.717, 1.165) is 0 Å². The van der Waals surface area contributed by atoms with E-state index >= 15 is 0 Å². The van der Waals surface area contributed by atoms with Gasteiger partial charge in [-0.15, -0.1) is 0 Å². The molecule has 6 nitrogen and oxygen atoms in total. The molecule has 0 saturated carbocycles. The molecule has 0 spiro atoms. The number of carbonyl (C=O) groups excluding carboxylic acids is 2. The molecule has 0 aromatic carbocycles. The summed E-state index contributed by atoms with van der Waals surface area (Å²) in [4.78, 5) is 25.8. The molecule has 18 heavy (non-hydrogen) atoms. The zero-order valence-corrected chi connectivity index (χ0v) is 12.1. The summed E-state index contributed by atoms with van der Waals surface area (Å²) in [5, 5.41) is 0. The minimum Gasteiger partial charge on any atom is -0.450 e. The fourth-order valence-electron chi connectivity index (χ4n) is 1.06. The van der Waals surface area contributed by atoms with Crippen molar-refractivity contribution in [3.05, 3.63) is 0 Å². The second-order valence-electron chi connectivity index (χ2n) is 5.02. The minimum atomic E-state index is -0.515. The van der Waals surface area contributed by atoms with Gasteiger partial charge in [0, 0.05) is 27.2 Å². The topological polar surface area (TPSA) is 59.1 Å². The van der Waals surface area contributed by atoms with Crippen LogP contribution in [0.3, 0.4) is 0 Å². The highest BCUT2D eigenvalue weighted by Crippen LogP contribution is 2.08. The molecule has 0 aromatic heterocycles. The van der Waals surface area contributed by atoms with Crippen LogP contribution in [0.5, 0.6) is 0 Å². The number of rotatable bonds is 4. The first-order chi connectivity index (χ1) is 8.17. The predicted octanol–water partition coefficient (Wildman–Crippen LogP) is 1.94. The maximum absolute atomic E-state index is 11.6. The maximum Gasteiger partial charge on any atom is 0.410 e. The summed E-state index contributed by atoms with van der Waals surface area (Å²) in [5.74, 6) is 0. The van der Waals surface area contributed by atoms with Crippen LogP contribution in [0.4, 0.5) is 9.59 Å². The fourth-order valence-corrected chi connectivity index (χ4v) is 1.06. The second kappa shape index (κ2) is 7.08. The Kier molecular flexibility index (Phi) is 6.51. The van der Waals surface area contributed by atoms with Crippen molar-refractivity contribution in [1.82, 2.24) is 9.80 Å². The van der Waals surface area contributed by atoms with E-state index in [9.17, 15) is 9.59 Å². The van der Waals surface area contributed by atoms with Crippen LogP contribution in [0.1, 0.15) is 27.7 Å². The standard InChI is InChI=1S/C12H24N2O4/c1-7-17-10(15)13(5)8-9-14(6)11(16)18-12(2,3)4/h7-9H2,1-6H3. The van der Waals surface area contributed by atoms with Crippen LogP contribution in [0.25, 0.3) is 0 Å².